The number of amides is 1. The van der Waals surface area contributed by atoms with Crippen LogP contribution in [-0.4, -0.2) is 25.2 Å². The number of rotatable bonds is 4. The van der Waals surface area contributed by atoms with Crippen molar-refractivity contribution in [3.63, 3.8) is 0 Å². The van der Waals surface area contributed by atoms with Crippen molar-refractivity contribution in [2.75, 3.05) is 13.2 Å². The van der Waals surface area contributed by atoms with Gasteiger partial charge < -0.3 is 10.1 Å². The Labute approximate surface area is 118 Å². The van der Waals surface area contributed by atoms with Gasteiger partial charge >= 0.3 is 0 Å². The first-order chi connectivity index (χ1) is 9.56. The lowest BCUT2D eigenvalue weighted by molar-refractivity contribution is -0.118. The maximum absolute atomic E-state index is 12.8. The third kappa shape index (κ3) is 3.90. The number of hydrogen-bond donors (Lipinski definition) is 1. The van der Waals surface area contributed by atoms with E-state index in [1.807, 2.05) is 6.92 Å². The molecule has 0 bridgehead atoms. The Bertz CT molecular complexity index is 490. The predicted octanol–water partition coefficient (Wildman–Crippen LogP) is 2.77. The van der Waals surface area contributed by atoms with Crippen LogP contribution in [0.15, 0.2) is 29.8 Å². The van der Waals surface area contributed by atoms with Gasteiger partial charge in [-0.05, 0) is 44.0 Å². The summed E-state index contributed by atoms with van der Waals surface area (Å²) in [5.41, 5.74) is 1.43. The van der Waals surface area contributed by atoms with E-state index in [2.05, 4.69) is 5.32 Å². The van der Waals surface area contributed by atoms with Crippen molar-refractivity contribution in [2.24, 2.45) is 5.92 Å². The summed E-state index contributed by atoms with van der Waals surface area (Å²) in [5.74, 6) is 0.0189. The smallest absolute Gasteiger partial charge is 0.247 e. The molecule has 2 rings (SSSR count). The van der Waals surface area contributed by atoms with Gasteiger partial charge in [-0.3, -0.25) is 4.79 Å². The van der Waals surface area contributed by atoms with Crippen LogP contribution in [0, 0.1) is 11.7 Å². The molecule has 1 aromatic carbocycles. The Balaban J connectivity index is 1.95. The normalized spacial score (nSPS) is 20.8. The van der Waals surface area contributed by atoms with Crippen LogP contribution in [0.2, 0.25) is 0 Å². The van der Waals surface area contributed by atoms with Crippen molar-refractivity contribution in [3.05, 3.63) is 41.2 Å². The zero-order chi connectivity index (χ0) is 14.5. The molecule has 0 radical (unpaired) electrons. The first kappa shape index (κ1) is 14.7. The topological polar surface area (TPSA) is 38.3 Å². The summed E-state index contributed by atoms with van der Waals surface area (Å²) in [5, 5.41) is 2.99. The van der Waals surface area contributed by atoms with Crippen LogP contribution in [0.25, 0.3) is 6.08 Å². The first-order valence-corrected chi connectivity index (χ1v) is 6.89. The van der Waals surface area contributed by atoms with E-state index in [9.17, 15) is 9.18 Å². The highest BCUT2D eigenvalue weighted by molar-refractivity contribution is 5.97. The number of benzene rings is 1. The van der Waals surface area contributed by atoms with Gasteiger partial charge in [-0.1, -0.05) is 12.1 Å². The lowest BCUT2D eigenvalue weighted by Gasteiger charge is -2.19. The standard InChI is InChI=1S/C16H20FNO2/c1-11(9-13-3-5-15(17)6-4-13)16(19)18-12(2)14-7-8-20-10-14/h3-6,9,12,14H,7-8,10H2,1-2H3,(H,18,19)/b11-9+/t12-,14+/m0/s1. The van der Waals surface area contributed by atoms with Crippen LogP contribution < -0.4 is 5.32 Å². The second-order valence-electron chi connectivity index (χ2n) is 5.26. The van der Waals surface area contributed by atoms with Gasteiger partial charge in [-0.2, -0.15) is 0 Å². The molecule has 1 fully saturated rings. The van der Waals surface area contributed by atoms with Gasteiger partial charge in [0.25, 0.3) is 0 Å². The van der Waals surface area contributed by atoms with E-state index in [0.717, 1.165) is 18.6 Å². The zero-order valence-electron chi connectivity index (χ0n) is 11.9. The summed E-state index contributed by atoms with van der Waals surface area (Å²) in [6, 6.07) is 6.17. The maximum Gasteiger partial charge on any atom is 0.247 e. The van der Waals surface area contributed by atoms with Crippen molar-refractivity contribution in [2.45, 2.75) is 26.3 Å². The number of ether oxygens (including phenoxy) is 1. The highest BCUT2D eigenvalue weighted by Crippen LogP contribution is 2.17. The molecule has 4 heteroatoms. The third-order valence-electron chi connectivity index (χ3n) is 3.64. The number of carbonyl (C=O) groups is 1. The Morgan fingerprint density at radius 2 is 2.15 bits per heavy atom. The molecule has 2 atom stereocenters. The Kier molecular flexibility index (Phi) is 4.90. The lowest BCUT2D eigenvalue weighted by Crippen LogP contribution is -2.38. The monoisotopic (exact) mass is 277 g/mol. The minimum absolute atomic E-state index is 0.0891. The van der Waals surface area contributed by atoms with Crippen molar-refractivity contribution in [3.8, 4) is 0 Å². The molecule has 1 aliphatic heterocycles. The summed E-state index contributed by atoms with van der Waals surface area (Å²) in [7, 11) is 0. The van der Waals surface area contributed by atoms with E-state index in [-0.39, 0.29) is 17.8 Å². The average molecular weight is 277 g/mol. The molecule has 1 N–H and O–H groups in total. The summed E-state index contributed by atoms with van der Waals surface area (Å²) in [6.07, 6.45) is 2.74. The van der Waals surface area contributed by atoms with Crippen molar-refractivity contribution in [1.82, 2.24) is 5.32 Å². The molecule has 0 aliphatic carbocycles. The number of hydrogen-bond acceptors (Lipinski definition) is 2. The van der Waals surface area contributed by atoms with Crippen molar-refractivity contribution < 1.29 is 13.9 Å². The molecule has 0 spiro atoms. The van der Waals surface area contributed by atoms with Crippen molar-refractivity contribution in [1.29, 1.82) is 0 Å². The molecule has 0 unspecified atom stereocenters. The fourth-order valence-electron chi connectivity index (χ4n) is 2.26. The van der Waals surface area contributed by atoms with E-state index in [1.165, 1.54) is 12.1 Å². The van der Waals surface area contributed by atoms with E-state index in [0.29, 0.717) is 18.1 Å². The molecule has 1 saturated heterocycles. The third-order valence-corrected chi connectivity index (χ3v) is 3.64. The van der Waals surface area contributed by atoms with Crippen LogP contribution in [0.4, 0.5) is 4.39 Å². The molecular weight excluding hydrogens is 257 g/mol. The number of halogens is 1. The molecule has 1 heterocycles. The number of carbonyl (C=O) groups excluding carboxylic acids is 1. The highest BCUT2D eigenvalue weighted by Gasteiger charge is 2.23. The van der Waals surface area contributed by atoms with Gasteiger partial charge in [0.2, 0.25) is 5.91 Å². The molecule has 1 aliphatic rings. The Hall–Kier alpha value is -1.68. The molecule has 0 aromatic heterocycles. The molecule has 1 aromatic rings. The van der Waals surface area contributed by atoms with Crippen molar-refractivity contribution >= 4 is 12.0 Å². The second kappa shape index (κ2) is 6.66. The summed E-state index contributed by atoms with van der Waals surface area (Å²) >= 11 is 0. The largest absolute Gasteiger partial charge is 0.381 e. The molecular formula is C16H20FNO2. The summed E-state index contributed by atoms with van der Waals surface area (Å²) in [4.78, 5) is 12.1. The van der Waals surface area contributed by atoms with Gasteiger partial charge in [-0.15, -0.1) is 0 Å². The second-order valence-corrected chi connectivity index (χ2v) is 5.26. The highest BCUT2D eigenvalue weighted by atomic mass is 19.1. The SMILES string of the molecule is C/C(=C\c1ccc(F)cc1)C(=O)N[C@@H](C)[C@@H]1CCOC1. The first-order valence-electron chi connectivity index (χ1n) is 6.89. The molecule has 3 nitrogen and oxygen atoms in total. The molecule has 20 heavy (non-hydrogen) atoms. The fraction of sp³-hybridized carbons (Fsp3) is 0.438. The molecule has 1 amide bonds. The van der Waals surface area contributed by atoms with Gasteiger partial charge in [0.1, 0.15) is 5.82 Å². The number of nitrogens with one attached hydrogen (secondary N) is 1. The van der Waals surface area contributed by atoms with E-state index in [4.69, 9.17) is 4.74 Å². The van der Waals surface area contributed by atoms with E-state index < -0.39 is 0 Å². The lowest BCUT2D eigenvalue weighted by atomic mass is 10.0. The van der Waals surface area contributed by atoms with Crippen LogP contribution in [0.1, 0.15) is 25.8 Å². The fourth-order valence-corrected chi connectivity index (χ4v) is 2.26. The van der Waals surface area contributed by atoms with Gasteiger partial charge in [0.15, 0.2) is 0 Å². The molecule has 0 saturated carbocycles. The Morgan fingerprint density at radius 1 is 1.45 bits per heavy atom. The van der Waals surface area contributed by atoms with E-state index in [1.54, 1.807) is 25.1 Å². The summed E-state index contributed by atoms with van der Waals surface area (Å²) in [6.45, 7) is 5.25. The minimum Gasteiger partial charge on any atom is -0.381 e. The zero-order valence-corrected chi connectivity index (χ0v) is 11.9. The van der Waals surface area contributed by atoms with E-state index >= 15 is 0 Å². The minimum atomic E-state index is -0.279. The molecule has 108 valence electrons. The predicted molar refractivity (Wildman–Crippen MR) is 76.6 cm³/mol. The quantitative estimate of drug-likeness (QED) is 0.859. The van der Waals surface area contributed by atoms with Crippen LogP contribution in [-0.2, 0) is 9.53 Å². The van der Waals surface area contributed by atoms with Gasteiger partial charge in [0.05, 0.1) is 6.61 Å². The van der Waals surface area contributed by atoms with Crippen LogP contribution in [0.3, 0.4) is 0 Å². The maximum atomic E-state index is 12.8. The van der Waals surface area contributed by atoms with Crippen LogP contribution in [0.5, 0.6) is 0 Å². The van der Waals surface area contributed by atoms with Gasteiger partial charge in [-0.25, -0.2) is 4.39 Å². The Morgan fingerprint density at radius 3 is 2.75 bits per heavy atom. The van der Waals surface area contributed by atoms with Gasteiger partial charge in [0, 0.05) is 24.1 Å². The average Bonchev–Trinajstić information content (AvgIpc) is 2.95. The summed E-state index contributed by atoms with van der Waals surface area (Å²) < 4.78 is 18.1. The van der Waals surface area contributed by atoms with Crippen LogP contribution >= 0.6 is 0 Å².